The summed E-state index contributed by atoms with van der Waals surface area (Å²) in [6, 6.07) is 0.478. The molecule has 0 aliphatic heterocycles. The molecule has 96 valence electrons. The highest BCUT2D eigenvalue weighted by molar-refractivity contribution is 5.75. The molecule has 0 aromatic carbocycles. The zero-order valence-corrected chi connectivity index (χ0v) is 11.0. The van der Waals surface area contributed by atoms with Crippen molar-refractivity contribution >= 4 is 5.91 Å². The zero-order valence-electron chi connectivity index (χ0n) is 11.0. The molecule has 0 aromatic heterocycles. The first-order valence-corrected chi connectivity index (χ1v) is 6.05. The van der Waals surface area contributed by atoms with Crippen molar-refractivity contribution < 1.29 is 9.53 Å². The van der Waals surface area contributed by atoms with Crippen LogP contribution in [-0.4, -0.2) is 38.8 Å². The van der Waals surface area contributed by atoms with Gasteiger partial charge in [0.2, 0.25) is 5.91 Å². The second-order valence-corrected chi connectivity index (χ2v) is 4.58. The van der Waals surface area contributed by atoms with E-state index in [0.717, 1.165) is 13.0 Å². The lowest BCUT2D eigenvalue weighted by molar-refractivity contribution is -0.121. The first-order chi connectivity index (χ1) is 7.56. The maximum atomic E-state index is 11.3. The Balaban J connectivity index is 3.39. The number of ether oxygens (including phenoxy) is 1. The van der Waals surface area contributed by atoms with E-state index in [4.69, 9.17) is 4.74 Å². The van der Waals surface area contributed by atoms with Crippen molar-refractivity contribution in [3.8, 4) is 0 Å². The van der Waals surface area contributed by atoms with Crippen LogP contribution >= 0.6 is 0 Å². The van der Waals surface area contributed by atoms with Crippen LogP contribution in [0.15, 0.2) is 0 Å². The molecule has 0 bridgehead atoms. The lowest BCUT2D eigenvalue weighted by Gasteiger charge is -2.15. The molecule has 0 aliphatic rings. The van der Waals surface area contributed by atoms with E-state index < -0.39 is 0 Å². The Kier molecular flexibility index (Phi) is 9.24. The maximum Gasteiger partial charge on any atom is 0.221 e. The van der Waals surface area contributed by atoms with Crippen LogP contribution in [0.1, 0.15) is 33.6 Å². The lowest BCUT2D eigenvalue weighted by atomic mass is 10.1. The molecule has 0 aromatic rings. The van der Waals surface area contributed by atoms with Crippen LogP contribution in [0, 0.1) is 5.92 Å². The number of hydrogen-bond donors (Lipinski definition) is 2. The van der Waals surface area contributed by atoms with E-state index in [1.54, 1.807) is 7.11 Å². The highest BCUT2D eigenvalue weighted by Crippen LogP contribution is 2.03. The summed E-state index contributed by atoms with van der Waals surface area (Å²) in [5.41, 5.74) is 0. The van der Waals surface area contributed by atoms with Gasteiger partial charge in [-0.15, -0.1) is 0 Å². The van der Waals surface area contributed by atoms with Gasteiger partial charge in [-0.25, -0.2) is 0 Å². The average Bonchev–Trinajstić information content (AvgIpc) is 2.17. The van der Waals surface area contributed by atoms with E-state index in [-0.39, 0.29) is 5.91 Å². The molecule has 4 nitrogen and oxygen atoms in total. The van der Waals surface area contributed by atoms with Crippen molar-refractivity contribution in [1.29, 1.82) is 0 Å². The Labute approximate surface area is 99.1 Å². The molecule has 0 radical (unpaired) electrons. The second-order valence-electron chi connectivity index (χ2n) is 4.58. The molecule has 1 amide bonds. The summed E-state index contributed by atoms with van der Waals surface area (Å²) >= 11 is 0. The summed E-state index contributed by atoms with van der Waals surface area (Å²) in [5.74, 6) is 0.777. The van der Waals surface area contributed by atoms with Crippen LogP contribution in [0.3, 0.4) is 0 Å². The van der Waals surface area contributed by atoms with Crippen LogP contribution < -0.4 is 10.6 Å². The first kappa shape index (κ1) is 15.4. The monoisotopic (exact) mass is 230 g/mol. The molecule has 0 fully saturated rings. The molecule has 4 heteroatoms. The summed E-state index contributed by atoms with van der Waals surface area (Å²) in [6.45, 7) is 8.47. The maximum absolute atomic E-state index is 11.3. The van der Waals surface area contributed by atoms with Crippen LogP contribution in [0.25, 0.3) is 0 Å². The third kappa shape index (κ3) is 9.93. The number of nitrogens with one attached hydrogen (secondary N) is 2. The van der Waals surface area contributed by atoms with Gasteiger partial charge >= 0.3 is 0 Å². The minimum Gasteiger partial charge on any atom is -0.383 e. The van der Waals surface area contributed by atoms with E-state index in [1.807, 2.05) is 0 Å². The lowest BCUT2D eigenvalue weighted by Crippen LogP contribution is -2.33. The molecular weight excluding hydrogens is 204 g/mol. The van der Waals surface area contributed by atoms with Crippen molar-refractivity contribution in [2.24, 2.45) is 5.92 Å². The van der Waals surface area contributed by atoms with Crippen molar-refractivity contribution in [1.82, 2.24) is 10.6 Å². The van der Waals surface area contributed by atoms with Gasteiger partial charge in [-0.2, -0.15) is 0 Å². The van der Waals surface area contributed by atoms with Crippen molar-refractivity contribution in [3.05, 3.63) is 0 Å². The zero-order chi connectivity index (χ0) is 12.4. The number of amides is 1. The molecule has 0 aliphatic carbocycles. The molecule has 1 atom stereocenters. The number of rotatable bonds is 9. The molecule has 1 unspecified atom stereocenters. The van der Waals surface area contributed by atoms with E-state index in [1.165, 1.54) is 0 Å². The summed E-state index contributed by atoms with van der Waals surface area (Å²) < 4.78 is 4.85. The average molecular weight is 230 g/mol. The Morgan fingerprint density at radius 3 is 2.50 bits per heavy atom. The van der Waals surface area contributed by atoms with Gasteiger partial charge in [-0.3, -0.25) is 4.79 Å². The molecule has 0 saturated carbocycles. The number of methoxy groups -OCH3 is 1. The number of carbonyl (C=O) groups excluding carboxylic acids is 1. The predicted molar refractivity (Wildman–Crippen MR) is 66.4 cm³/mol. The summed E-state index contributed by atoms with van der Waals surface area (Å²) in [6.07, 6.45) is 1.68. The minimum atomic E-state index is 0.0845. The van der Waals surface area contributed by atoms with Crippen LogP contribution in [-0.2, 0) is 9.53 Å². The molecule has 2 N–H and O–H groups in total. The van der Waals surface area contributed by atoms with Gasteiger partial charge in [0.05, 0.1) is 6.61 Å². The fourth-order valence-electron chi connectivity index (χ4n) is 1.60. The van der Waals surface area contributed by atoms with E-state index >= 15 is 0 Å². The van der Waals surface area contributed by atoms with Gasteiger partial charge in [0.15, 0.2) is 0 Å². The van der Waals surface area contributed by atoms with E-state index in [9.17, 15) is 4.79 Å². The van der Waals surface area contributed by atoms with E-state index in [2.05, 4.69) is 31.4 Å². The number of hydrogen-bond acceptors (Lipinski definition) is 3. The Morgan fingerprint density at radius 2 is 1.94 bits per heavy atom. The fraction of sp³-hybridized carbons (Fsp3) is 0.917. The predicted octanol–water partition coefficient (Wildman–Crippen LogP) is 1.16. The van der Waals surface area contributed by atoms with Crippen molar-refractivity contribution in [3.63, 3.8) is 0 Å². The minimum absolute atomic E-state index is 0.0845. The standard InChI is InChI=1S/C12H26N2O2/c1-10(2)9-11(3)13-6-5-12(15)14-7-8-16-4/h10-11,13H,5-9H2,1-4H3,(H,14,15). The van der Waals surface area contributed by atoms with Gasteiger partial charge in [0, 0.05) is 32.7 Å². The SMILES string of the molecule is COCCNC(=O)CCNC(C)CC(C)C. The van der Waals surface area contributed by atoms with Gasteiger partial charge in [-0.05, 0) is 19.3 Å². The molecule has 0 rings (SSSR count). The molecule has 0 heterocycles. The highest BCUT2D eigenvalue weighted by Gasteiger charge is 2.05. The van der Waals surface area contributed by atoms with Gasteiger partial charge < -0.3 is 15.4 Å². The Hall–Kier alpha value is -0.610. The fourth-order valence-corrected chi connectivity index (χ4v) is 1.60. The van der Waals surface area contributed by atoms with Gasteiger partial charge in [0.25, 0.3) is 0 Å². The summed E-state index contributed by atoms with van der Waals surface area (Å²) in [7, 11) is 1.63. The van der Waals surface area contributed by atoms with Crippen LogP contribution in [0.2, 0.25) is 0 Å². The van der Waals surface area contributed by atoms with Gasteiger partial charge in [0.1, 0.15) is 0 Å². The third-order valence-electron chi connectivity index (χ3n) is 2.30. The summed E-state index contributed by atoms with van der Waals surface area (Å²) in [4.78, 5) is 11.3. The Morgan fingerprint density at radius 1 is 1.25 bits per heavy atom. The van der Waals surface area contributed by atoms with E-state index in [0.29, 0.717) is 31.5 Å². The van der Waals surface area contributed by atoms with Crippen molar-refractivity contribution in [2.45, 2.75) is 39.7 Å². The second kappa shape index (κ2) is 9.60. The molecule has 0 saturated heterocycles. The molecule has 16 heavy (non-hydrogen) atoms. The first-order valence-electron chi connectivity index (χ1n) is 6.05. The summed E-state index contributed by atoms with van der Waals surface area (Å²) in [5, 5.41) is 6.14. The van der Waals surface area contributed by atoms with Crippen LogP contribution in [0.5, 0.6) is 0 Å². The van der Waals surface area contributed by atoms with Crippen molar-refractivity contribution in [2.75, 3.05) is 26.8 Å². The Bertz CT molecular complexity index is 184. The normalized spacial score (nSPS) is 12.8. The largest absolute Gasteiger partial charge is 0.383 e. The topological polar surface area (TPSA) is 50.4 Å². The quantitative estimate of drug-likeness (QED) is 0.584. The van der Waals surface area contributed by atoms with Gasteiger partial charge in [-0.1, -0.05) is 13.8 Å². The molecular formula is C12H26N2O2. The number of carbonyl (C=O) groups is 1. The third-order valence-corrected chi connectivity index (χ3v) is 2.30. The molecule has 0 spiro atoms. The highest BCUT2D eigenvalue weighted by atomic mass is 16.5. The van der Waals surface area contributed by atoms with Crippen LogP contribution in [0.4, 0.5) is 0 Å². The smallest absolute Gasteiger partial charge is 0.221 e.